The van der Waals surface area contributed by atoms with Crippen molar-refractivity contribution in [2.75, 3.05) is 0 Å². The fourth-order valence-corrected chi connectivity index (χ4v) is 2.35. The minimum atomic E-state index is -4.53. The number of rotatable bonds is 1. The van der Waals surface area contributed by atoms with Crippen LogP contribution in [0.3, 0.4) is 0 Å². The molecule has 102 valence electrons. The highest BCUT2D eigenvalue weighted by molar-refractivity contribution is 7.11. The summed E-state index contributed by atoms with van der Waals surface area (Å²) >= 11 is 6.40. The van der Waals surface area contributed by atoms with E-state index in [1.54, 1.807) is 11.4 Å². The van der Waals surface area contributed by atoms with E-state index < -0.39 is 11.2 Å². The van der Waals surface area contributed by atoms with Crippen molar-refractivity contribution in [3.05, 3.63) is 62.8 Å². The molecule has 0 N–H and O–H groups in total. The smallest absolute Gasteiger partial charge is 0.165 e. The SMILES string of the molecule is FC(F)(F)C(Cl)=Cc1sccc1C#Cc1ccccc1. The Morgan fingerprint density at radius 1 is 1.10 bits per heavy atom. The summed E-state index contributed by atoms with van der Waals surface area (Å²) in [6.45, 7) is 0. The van der Waals surface area contributed by atoms with Crippen LogP contribution in [-0.4, -0.2) is 6.18 Å². The number of halogens is 4. The van der Waals surface area contributed by atoms with Crippen LogP contribution in [0.1, 0.15) is 16.0 Å². The molecule has 0 unspecified atom stereocenters. The summed E-state index contributed by atoms with van der Waals surface area (Å²) in [5, 5.41) is 0.532. The van der Waals surface area contributed by atoms with Crippen molar-refractivity contribution in [1.82, 2.24) is 0 Å². The average molecular weight is 313 g/mol. The monoisotopic (exact) mass is 312 g/mol. The fraction of sp³-hybridized carbons (Fsp3) is 0.0667. The van der Waals surface area contributed by atoms with Crippen molar-refractivity contribution in [1.29, 1.82) is 0 Å². The van der Waals surface area contributed by atoms with Gasteiger partial charge in [-0.15, -0.1) is 11.3 Å². The molecule has 0 bridgehead atoms. The van der Waals surface area contributed by atoms with E-state index in [9.17, 15) is 13.2 Å². The summed E-state index contributed by atoms with van der Waals surface area (Å²) in [7, 11) is 0. The maximum Gasteiger partial charge on any atom is 0.426 e. The third-order valence-electron chi connectivity index (χ3n) is 2.34. The van der Waals surface area contributed by atoms with Gasteiger partial charge in [0.15, 0.2) is 0 Å². The van der Waals surface area contributed by atoms with E-state index in [0.717, 1.165) is 11.6 Å². The van der Waals surface area contributed by atoms with Crippen LogP contribution in [0.25, 0.3) is 6.08 Å². The van der Waals surface area contributed by atoms with Gasteiger partial charge < -0.3 is 0 Å². The van der Waals surface area contributed by atoms with Crippen LogP contribution in [0.5, 0.6) is 0 Å². The predicted octanol–water partition coefficient (Wildman–Crippen LogP) is 5.29. The molecule has 0 atom stereocenters. The molecule has 0 nitrogen and oxygen atoms in total. The minimum Gasteiger partial charge on any atom is -0.165 e. The van der Waals surface area contributed by atoms with Gasteiger partial charge in [-0.3, -0.25) is 0 Å². The molecule has 0 radical (unpaired) electrons. The van der Waals surface area contributed by atoms with Gasteiger partial charge in [-0.05, 0) is 29.7 Å². The van der Waals surface area contributed by atoms with Crippen LogP contribution in [-0.2, 0) is 0 Å². The number of alkyl halides is 3. The zero-order valence-corrected chi connectivity index (χ0v) is 11.6. The van der Waals surface area contributed by atoms with Crippen LogP contribution in [0.15, 0.2) is 46.8 Å². The molecular formula is C15H8ClF3S. The van der Waals surface area contributed by atoms with Crippen molar-refractivity contribution in [2.45, 2.75) is 6.18 Å². The van der Waals surface area contributed by atoms with Gasteiger partial charge in [0, 0.05) is 16.0 Å². The van der Waals surface area contributed by atoms with Crippen LogP contribution in [0.2, 0.25) is 0 Å². The van der Waals surface area contributed by atoms with E-state index in [2.05, 4.69) is 11.8 Å². The van der Waals surface area contributed by atoms with Crippen LogP contribution in [0.4, 0.5) is 13.2 Å². The maximum absolute atomic E-state index is 12.4. The molecule has 2 aromatic rings. The van der Waals surface area contributed by atoms with Crippen LogP contribution < -0.4 is 0 Å². The van der Waals surface area contributed by atoms with E-state index >= 15 is 0 Å². The topological polar surface area (TPSA) is 0 Å². The number of hydrogen-bond donors (Lipinski definition) is 0. The average Bonchev–Trinajstić information content (AvgIpc) is 2.84. The van der Waals surface area contributed by atoms with Crippen LogP contribution >= 0.6 is 22.9 Å². The second kappa shape index (κ2) is 6.17. The van der Waals surface area contributed by atoms with E-state index in [0.29, 0.717) is 10.4 Å². The minimum absolute atomic E-state index is 0.399. The van der Waals surface area contributed by atoms with E-state index in [1.807, 2.05) is 30.3 Å². The zero-order chi connectivity index (χ0) is 14.6. The predicted molar refractivity (Wildman–Crippen MR) is 76.6 cm³/mol. The van der Waals surface area contributed by atoms with Crippen molar-refractivity contribution in [3.63, 3.8) is 0 Å². The molecule has 5 heteroatoms. The van der Waals surface area contributed by atoms with E-state index in [-0.39, 0.29) is 0 Å². The van der Waals surface area contributed by atoms with Gasteiger partial charge in [0.1, 0.15) is 5.03 Å². The lowest BCUT2D eigenvalue weighted by atomic mass is 10.2. The highest BCUT2D eigenvalue weighted by Crippen LogP contribution is 2.32. The summed E-state index contributed by atoms with van der Waals surface area (Å²) in [6, 6.07) is 10.9. The van der Waals surface area contributed by atoms with Crippen molar-refractivity contribution >= 4 is 29.0 Å². The Labute approximate surface area is 123 Å². The van der Waals surface area contributed by atoms with Gasteiger partial charge in [-0.25, -0.2) is 0 Å². The van der Waals surface area contributed by atoms with Crippen molar-refractivity contribution in [3.8, 4) is 11.8 Å². The van der Waals surface area contributed by atoms with E-state index in [4.69, 9.17) is 11.6 Å². The lowest BCUT2D eigenvalue weighted by molar-refractivity contribution is -0.0836. The molecule has 2 rings (SSSR count). The van der Waals surface area contributed by atoms with Gasteiger partial charge in [0.25, 0.3) is 0 Å². The molecule has 1 aromatic heterocycles. The largest absolute Gasteiger partial charge is 0.426 e. The molecule has 20 heavy (non-hydrogen) atoms. The quantitative estimate of drug-likeness (QED) is 0.628. The Morgan fingerprint density at radius 3 is 2.45 bits per heavy atom. The standard InChI is InChI=1S/C15H8ClF3S/c16-14(15(17,18)19)10-13-12(8-9-20-13)7-6-11-4-2-1-3-5-11/h1-5,8-10H. The second-order valence-electron chi connectivity index (χ2n) is 3.80. The third kappa shape index (κ3) is 3.89. The summed E-state index contributed by atoms with van der Waals surface area (Å²) in [4.78, 5) is 0.399. The van der Waals surface area contributed by atoms with Gasteiger partial charge in [-0.2, -0.15) is 13.2 Å². The Bertz CT molecular complexity index is 672. The highest BCUT2D eigenvalue weighted by atomic mass is 35.5. The summed E-state index contributed by atoms with van der Waals surface area (Å²) in [6.07, 6.45) is -3.63. The molecule has 0 spiro atoms. The first kappa shape index (κ1) is 14.7. The number of benzene rings is 1. The van der Waals surface area contributed by atoms with Gasteiger partial charge in [0.05, 0.1) is 0 Å². The van der Waals surface area contributed by atoms with Gasteiger partial charge in [0.2, 0.25) is 0 Å². The zero-order valence-electron chi connectivity index (χ0n) is 10.0. The van der Waals surface area contributed by atoms with Gasteiger partial charge in [-0.1, -0.05) is 41.6 Å². The first-order chi connectivity index (χ1) is 9.47. The third-order valence-corrected chi connectivity index (χ3v) is 3.53. The number of allylic oxidation sites excluding steroid dienone is 1. The highest BCUT2D eigenvalue weighted by Gasteiger charge is 2.32. The Balaban J connectivity index is 2.29. The Hall–Kier alpha value is -1.70. The summed E-state index contributed by atoms with van der Waals surface area (Å²) in [5.74, 6) is 5.76. The number of hydrogen-bond acceptors (Lipinski definition) is 1. The normalized spacial score (nSPS) is 11.9. The molecule has 1 aromatic carbocycles. The molecule has 0 aliphatic rings. The molecule has 0 saturated heterocycles. The van der Waals surface area contributed by atoms with Crippen LogP contribution in [0, 0.1) is 11.8 Å². The van der Waals surface area contributed by atoms with Crippen molar-refractivity contribution in [2.24, 2.45) is 0 Å². The summed E-state index contributed by atoms with van der Waals surface area (Å²) < 4.78 is 37.2. The van der Waals surface area contributed by atoms with Crippen molar-refractivity contribution < 1.29 is 13.2 Å². The Kier molecular flexibility index (Phi) is 4.53. The summed E-state index contributed by atoms with van der Waals surface area (Å²) in [5.41, 5.74) is 1.33. The number of thiophene rings is 1. The first-order valence-electron chi connectivity index (χ1n) is 5.56. The lowest BCUT2D eigenvalue weighted by Gasteiger charge is -2.03. The molecule has 0 aliphatic carbocycles. The molecular weight excluding hydrogens is 305 g/mol. The van der Waals surface area contributed by atoms with E-state index in [1.165, 1.54) is 11.3 Å². The Morgan fingerprint density at radius 2 is 1.80 bits per heavy atom. The molecule has 1 heterocycles. The molecule has 0 fully saturated rings. The first-order valence-corrected chi connectivity index (χ1v) is 6.81. The maximum atomic E-state index is 12.4. The molecule has 0 saturated carbocycles. The molecule has 0 amide bonds. The molecule has 0 aliphatic heterocycles. The lowest BCUT2D eigenvalue weighted by Crippen LogP contribution is -2.06. The second-order valence-corrected chi connectivity index (χ2v) is 5.16. The van der Waals surface area contributed by atoms with Gasteiger partial charge >= 0.3 is 6.18 Å². The fourth-order valence-electron chi connectivity index (χ4n) is 1.39.